The van der Waals surface area contributed by atoms with Crippen molar-refractivity contribution in [1.29, 1.82) is 0 Å². The summed E-state index contributed by atoms with van der Waals surface area (Å²) in [6.45, 7) is 3.33. The Morgan fingerprint density at radius 1 is 1.11 bits per heavy atom. The van der Waals surface area contributed by atoms with Crippen LogP contribution in [0.4, 0.5) is 0 Å². The van der Waals surface area contributed by atoms with Crippen molar-refractivity contribution in [3.63, 3.8) is 0 Å². The highest BCUT2D eigenvalue weighted by Crippen LogP contribution is 2.29. The fourth-order valence-electron chi connectivity index (χ4n) is 4.12. The highest BCUT2D eigenvalue weighted by atomic mass is 35.5. The molecule has 5 nitrogen and oxygen atoms in total. The largest absolute Gasteiger partial charge is 0.493 e. The number of hydrogen-bond donors (Lipinski definition) is 0. The molecule has 3 aromatic carbocycles. The molecular weight excluding hydrogens is 538 g/mol. The van der Waals surface area contributed by atoms with Gasteiger partial charge >= 0.3 is 0 Å². The van der Waals surface area contributed by atoms with E-state index in [-0.39, 0.29) is 16.6 Å². The molecule has 0 aliphatic rings. The predicted octanol–water partition coefficient (Wildman–Crippen LogP) is 6.64. The quantitative estimate of drug-likeness (QED) is 0.191. The predicted molar refractivity (Wildman–Crippen MR) is 155 cm³/mol. The summed E-state index contributed by atoms with van der Waals surface area (Å²) in [5, 5.41) is 3.39. The Labute approximate surface area is 232 Å². The summed E-state index contributed by atoms with van der Waals surface area (Å²) >= 11 is 7.86. The normalized spacial score (nSPS) is 11.3. The minimum atomic E-state index is -3.51. The third-order valence-corrected chi connectivity index (χ3v) is 8.81. The Kier molecular flexibility index (Phi) is 9.11. The van der Waals surface area contributed by atoms with Gasteiger partial charge in [0.05, 0.1) is 17.1 Å². The molecule has 1 aromatic heterocycles. The summed E-state index contributed by atoms with van der Waals surface area (Å²) in [6.07, 6.45) is 6.59. The Morgan fingerprint density at radius 2 is 1.87 bits per heavy atom. The van der Waals surface area contributed by atoms with Crippen LogP contribution in [0.1, 0.15) is 34.8 Å². The van der Waals surface area contributed by atoms with Crippen molar-refractivity contribution in [1.82, 2.24) is 4.90 Å². The van der Waals surface area contributed by atoms with Crippen molar-refractivity contribution in [3.05, 3.63) is 93.8 Å². The minimum Gasteiger partial charge on any atom is -0.493 e. The number of carbonyl (C=O) groups excluding carboxylic acids is 1. The van der Waals surface area contributed by atoms with Gasteiger partial charge in [0.1, 0.15) is 11.5 Å². The fraction of sp³-hybridized carbons (Fsp3) is 0.233. The van der Waals surface area contributed by atoms with Crippen LogP contribution in [0.3, 0.4) is 0 Å². The Balaban J connectivity index is 1.62. The first-order chi connectivity index (χ1) is 18.3. The van der Waals surface area contributed by atoms with Crippen molar-refractivity contribution >= 4 is 48.8 Å². The summed E-state index contributed by atoms with van der Waals surface area (Å²) < 4.78 is 31.5. The molecule has 0 N–H and O–H groups in total. The highest BCUT2D eigenvalue weighted by molar-refractivity contribution is 7.91. The number of fused-ring (bicyclic) bond motifs is 1. The van der Waals surface area contributed by atoms with Crippen LogP contribution in [0, 0.1) is 12.3 Å². The zero-order chi connectivity index (χ0) is 27.1. The summed E-state index contributed by atoms with van der Waals surface area (Å²) in [6, 6.07) is 20.0. The third kappa shape index (κ3) is 6.57. The second-order valence-corrected chi connectivity index (χ2v) is 12.2. The van der Waals surface area contributed by atoms with Crippen LogP contribution in [0.2, 0.25) is 5.02 Å². The average Bonchev–Trinajstić information content (AvgIpc) is 3.34. The maximum atomic E-state index is 13.9. The van der Waals surface area contributed by atoms with Crippen LogP contribution in [-0.4, -0.2) is 38.1 Å². The van der Waals surface area contributed by atoms with Crippen molar-refractivity contribution in [2.75, 3.05) is 18.9 Å². The second kappa shape index (κ2) is 12.5. The van der Waals surface area contributed by atoms with Gasteiger partial charge in [-0.05, 0) is 54.8 Å². The molecule has 0 aliphatic heterocycles. The zero-order valence-corrected chi connectivity index (χ0v) is 23.4. The number of benzene rings is 3. The lowest BCUT2D eigenvalue weighted by molar-refractivity contribution is 0.0746. The zero-order valence-electron chi connectivity index (χ0n) is 21.0. The molecule has 4 rings (SSSR count). The maximum absolute atomic E-state index is 13.9. The molecule has 196 valence electrons. The molecule has 8 heteroatoms. The molecule has 0 spiro atoms. The van der Waals surface area contributed by atoms with Gasteiger partial charge < -0.3 is 9.64 Å². The number of halogens is 1. The summed E-state index contributed by atoms with van der Waals surface area (Å²) in [5.74, 6) is 2.47. The molecule has 0 atom stereocenters. The molecule has 4 aromatic rings. The van der Waals surface area contributed by atoms with Crippen LogP contribution in [-0.2, 0) is 22.8 Å². The smallest absolute Gasteiger partial charge is 0.255 e. The number of nitrogens with zero attached hydrogens (tertiary/aromatic N) is 1. The average molecular weight is 566 g/mol. The standard InChI is InChI=1S/C30H28ClNO4S2/c1-3-17-36-28-14-11-24(31)19-23(28)20-32(30(33)27-21-37-29-8-6-5-7-26(27)29)16-15-22-9-12-25(13-10-22)38(34,35)18-4-2/h2,5-14,19,21H,3,15-18,20H2,1H3. The van der Waals surface area contributed by atoms with Gasteiger partial charge in [0.25, 0.3) is 5.91 Å². The highest BCUT2D eigenvalue weighted by Gasteiger charge is 2.22. The first-order valence-electron chi connectivity index (χ1n) is 12.2. The maximum Gasteiger partial charge on any atom is 0.255 e. The minimum absolute atomic E-state index is 0.0860. The van der Waals surface area contributed by atoms with Crippen molar-refractivity contribution in [3.8, 4) is 18.1 Å². The van der Waals surface area contributed by atoms with Gasteiger partial charge in [0.2, 0.25) is 0 Å². The van der Waals surface area contributed by atoms with Gasteiger partial charge in [-0.3, -0.25) is 4.79 Å². The van der Waals surface area contributed by atoms with Crippen LogP contribution in [0.15, 0.2) is 77.0 Å². The molecule has 1 heterocycles. The molecule has 0 bridgehead atoms. The number of terminal acetylenes is 1. The molecule has 38 heavy (non-hydrogen) atoms. The van der Waals surface area contributed by atoms with Crippen molar-refractivity contribution < 1.29 is 17.9 Å². The number of thiophene rings is 1. The first kappa shape index (κ1) is 27.7. The number of ether oxygens (including phenoxy) is 1. The molecule has 0 unspecified atom stereocenters. The van der Waals surface area contributed by atoms with Gasteiger partial charge in [0, 0.05) is 39.1 Å². The van der Waals surface area contributed by atoms with E-state index in [0.29, 0.717) is 42.5 Å². The fourth-order valence-corrected chi connectivity index (χ4v) is 6.18. The van der Waals surface area contributed by atoms with E-state index in [9.17, 15) is 13.2 Å². The van der Waals surface area contributed by atoms with E-state index < -0.39 is 9.84 Å². The van der Waals surface area contributed by atoms with E-state index >= 15 is 0 Å². The van der Waals surface area contributed by atoms with Gasteiger partial charge in [-0.25, -0.2) is 8.42 Å². The van der Waals surface area contributed by atoms with Crippen molar-refractivity contribution in [2.24, 2.45) is 0 Å². The van der Waals surface area contributed by atoms with Gasteiger partial charge in [-0.1, -0.05) is 54.8 Å². The lowest BCUT2D eigenvalue weighted by Gasteiger charge is -2.24. The number of amides is 1. The van der Waals surface area contributed by atoms with Crippen LogP contribution in [0.25, 0.3) is 10.1 Å². The summed E-state index contributed by atoms with van der Waals surface area (Å²) in [4.78, 5) is 15.9. The Bertz CT molecular complexity index is 1570. The summed E-state index contributed by atoms with van der Waals surface area (Å²) in [5.41, 5.74) is 2.39. The molecule has 0 saturated heterocycles. The third-order valence-electron chi connectivity index (χ3n) is 6.07. The van der Waals surface area contributed by atoms with Gasteiger partial charge in [-0.15, -0.1) is 17.8 Å². The van der Waals surface area contributed by atoms with Gasteiger partial charge in [-0.2, -0.15) is 0 Å². The number of carbonyl (C=O) groups is 1. The van der Waals surface area contributed by atoms with Crippen LogP contribution < -0.4 is 4.74 Å². The first-order valence-corrected chi connectivity index (χ1v) is 15.1. The van der Waals surface area contributed by atoms with Crippen LogP contribution in [0.5, 0.6) is 5.75 Å². The van der Waals surface area contributed by atoms with Crippen molar-refractivity contribution in [2.45, 2.75) is 31.2 Å². The molecule has 0 radical (unpaired) electrons. The SMILES string of the molecule is C#CCS(=O)(=O)c1ccc(CCN(Cc2cc(Cl)ccc2OCCC)C(=O)c2csc3ccccc23)cc1. The molecular formula is C30H28ClNO4S2. The molecule has 0 saturated carbocycles. The van der Waals surface area contributed by atoms with E-state index in [1.54, 1.807) is 46.6 Å². The number of sulfone groups is 1. The number of hydrogen-bond acceptors (Lipinski definition) is 5. The number of rotatable bonds is 11. The lowest BCUT2D eigenvalue weighted by atomic mass is 10.1. The topological polar surface area (TPSA) is 63.7 Å². The van der Waals surface area contributed by atoms with E-state index in [1.165, 1.54) is 0 Å². The molecule has 0 aliphatic carbocycles. The van der Waals surface area contributed by atoms with Gasteiger partial charge in [0.15, 0.2) is 9.84 Å². The van der Waals surface area contributed by atoms with E-state index in [2.05, 4.69) is 5.92 Å². The Hall–Kier alpha value is -3.31. The van der Waals surface area contributed by atoms with E-state index in [0.717, 1.165) is 27.6 Å². The van der Waals surface area contributed by atoms with E-state index in [1.807, 2.05) is 48.7 Å². The van der Waals surface area contributed by atoms with E-state index in [4.69, 9.17) is 22.8 Å². The molecule has 1 amide bonds. The monoisotopic (exact) mass is 565 g/mol. The molecule has 0 fully saturated rings. The summed E-state index contributed by atoms with van der Waals surface area (Å²) in [7, 11) is -3.51. The lowest BCUT2D eigenvalue weighted by Crippen LogP contribution is -2.32. The second-order valence-electron chi connectivity index (χ2n) is 8.83. The van der Waals surface area contributed by atoms with Crippen LogP contribution >= 0.6 is 22.9 Å². The Morgan fingerprint density at radius 3 is 2.61 bits per heavy atom.